The second kappa shape index (κ2) is 6.55. The summed E-state index contributed by atoms with van der Waals surface area (Å²) in [6, 6.07) is 3.89. The van der Waals surface area contributed by atoms with E-state index in [9.17, 15) is 8.78 Å². The maximum absolute atomic E-state index is 12.9. The number of aliphatic hydroxyl groups excluding tert-OH is 1. The average molecular weight is 229 g/mol. The lowest BCUT2D eigenvalue weighted by Crippen LogP contribution is -2.20. The first-order valence-electron chi connectivity index (χ1n) is 5.44. The van der Waals surface area contributed by atoms with Crippen molar-refractivity contribution in [1.29, 1.82) is 0 Å². The Labute approximate surface area is 94.3 Å². The van der Waals surface area contributed by atoms with E-state index >= 15 is 0 Å². The molecule has 2 N–H and O–H groups in total. The van der Waals surface area contributed by atoms with Gasteiger partial charge in [0.05, 0.1) is 0 Å². The van der Waals surface area contributed by atoms with Gasteiger partial charge in [-0.2, -0.15) is 0 Å². The van der Waals surface area contributed by atoms with Crippen LogP contribution in [0.3, 0.4) is 0 Å². The summed E-state index contributed by atoms with van der Waals surface area (Å²) in [6.45, 7) is 2.83. The molecule has 0 fully saturated rings. The first-order chi connectivity index (χ1) is 7.65. The highest BCUT2D eigenvalue weighted by atomic mass is 19.2. The molecular weight excluding hydrogens is 212 g/mol. The van der Waals surface area contributed by atoms with Crippen LogP contribution in [0.15, 0.2) is 18.2 Å². The lowest BCUT2D eigenvalue weighted by molar-refractivity contribution is 0.283. The van der Waals surface area contributed by atoms with Crippen LogP contribution in [0.2, 0.25) is 0 Å². The summed E-state index contributed by atoms with van der Waals surface area (Å²) in [5.41, 5.74) is 0.725. The molecule has 0 radical (unpaired) electrons. The van der Waals surface area contributed by atoms with Gasteiger partial charge in [0.25, 0.3) is 0 Å². The number of unbranched alkanes of at least 4 members (excludes halogenated alkanes) is 1. The van der Waals surface area contributed by atoms with Gasteiger partial charge in [-0.1, -0.05) is 6.07 Å². The third kappa shape index (κ3) is 3.87. The highest BCUT2D eigenvalue weighted by Gasteiger charge is 2.08. The van der Waals surface area contributed by atoms with Crippen molar-refractivity contribution in [3.63, 3.8) is 0 Å². The van der Waals surface area contributed by atoms with Crippen molar-refractivity contribution in [1.82, 2.24) is 5.32 Å². The van der Waals surface area contributed by atoms with Crippen LogP contribution in [0.5, 0.6) is 0 Å². The molecule has 90 valence electrons. The van der Waals surface area contributed by atoms with E-state index in [4.69, 9.17) is 5.11 Å². The Balaban J connectivity index is 2.46. The highest BCUT2D eigenvalue weighted by Crippen LogP contribution is 2.15. The van der Waals surface area contributed by atoms with Crippen molar-refractivity contribution in [2.75, 3.05) is 13.2 Å². The number of nitrogens with one attached hydrogen (secondary N) is 1. The molecule has 0 saturated heterocycles. The Morgan fingerprint density at radius 2 is 2.00 bits per heavy atom. The fraction of sp³-hybridized carbons (Fsp3) is 0.500. The van der Waals surface area contributed by atoms with Crippen LogP contribution >= 0.6 is 0 Å². The summed E-state index contributed by atoms with van der Waals surface area (Å²) in [4.78, 5) is 0. The molecule has 0 spiro atoms. The molecule has 1 aromatic rings. The van der Waals surface area contributed by atoms with Crippen molar-refractivity contribution >= 4 is 0 Å². The fourth-order valence-electron chi connectivity index (χ4n) is 1.45. The second-order valence-corrected chi connectivity index (χ2v) is 3.78. The number of benzene rings is 1. The Bertz CT molecular complexity index is 331. The predicted molar refractivity (Wildman–Crippen MR) is 59.1 cm³/mol. The number of halogens is 2. The van der Waals surface area contributed by atoms with E-state index in [0.717, 1.165) is 31.0 Å². The van der Waals surface area contributed by atoms with Gasteiger partial charge in [0, 0.05) is 12.6 Å². The van der Waals surface area contributed by atoms with Crippen molar-refractivity contribution in [2.45, 2.75) is 25.8 Å². The fourth-order valence-corrected chi connectivity index (χ4v) is 1.45. The molecule has 1 aromatic carbocycles. The van der Waals surface area contributed by atoms with Crippen molar-refractivity contribution < 1.29 is 13.9 Å². The average Bonchev–Trinajstić information content (AvgIpc) is 2.28. The number of hydrogen-bond donors (Lipinski definition) is 2. The third-order valence-corrected chi connectivity index (χ3v) is 2.48. The van der Waals surface area contributed by atoms with Crippen LogP contribution in [0.25, 0.3) is 0 Å². The minimum absolute atomic E-state index is 0.0196. The topological polar surface area (TPSA) is 32.3 Å². The van der Waals surface area contributed by atoms with Crippen LogP contribution in [0.4, 0.5) is 8.78 Å². The van der Waals surface area contributed by atoms with E-state index in [1.807, 2.05) is 6.92 Å². The molecule has 0 saturated carbocycles. The van der Waals surface area contributed by atoms with Gasteiger partial charge >= 0.3 is 0 Å². The normalized spacial score (nSPS) is 12.8. The molecule has 0 aliphatic heterocycles. The first kappa shape index (κ1) is 13.1. The van der Waals surface area contributed by atoms with Crippen LogP contribution in [-0.2, 0) is 0 Å². The first-order valence-corrected chi connectivity index (χ1v) is 5.44. The van der Waals surface area contributed by atoms with E-state index < -0.39 is 11.6 Å². The van der Waals surface area contributed by atoms with Gasteiger partial charge in [-0.15, -0.1) is 0 Å². The molecule has 0 heterocycles. The van der Waals surface area contributed by atoms with E-state index in [1.165, 1.54) is 6.07 Å². The quantitative estimate of drug-likeness (QED) is 0.734. The molecule has 0 bridgehead atoms. The minimum atomic E-state index is -0.823. The smallest absolute Gasteiger partial charge is 0.159 e. The summed E-state index contributed by atoms with van der Waals surface area (Å²) >= 11 is 0. The lowest BCUT2D eigenvalue weighted by atomic mass is 10.1. The summed E-state index contributed by atoms with van der Waals surface area (Å²) in [7, 11) is 0. The van der Waals surface area contributed by atoms with Crippen molar-refractivity contribution in [2.24, 2.45) is 0 Å². The van der Waals surface area contributed by atoms with Gasteiger partial charge < -0.3 is 10.4 Å². The zero-order valence-corrected chi connectivity index (χ0v) is 9.34. The molecular formula is C12H17F2NO. The molecule has 2 nitrogen and oxygen atoms in total. The van der Waals surface area contributed by atoms with Gasteiger partial charge in [0.15, 0.2) is 11.6 Å². The summed E-state index contributed by atoms with van der Waals surface area (Å²) < 4.78 is 25.6. The van der Waals surface area contributed by atoms with Gasteiger partial charge in [0.2, 0.25) is 0 Å². The van der Waals surface area contributed by atoms with Crippen LogP contribution < -0.4 is 5.32 Å². The van der Waals surface area contributed by atoms with Gasteiger partial charge in [-0.3, -0.25) is 0 Å². The summed E-state index contributed by atoms with van der Waals surface area (Å²) in [6.07, 6.45) is 1.61. The Kier molecular flexibility index (Phi) is 5.35. The van der Waals surface area contributed by atoms with Crippen molar-refractivity contribution in [3.8, 4) is 0 Å². The Morgan fingerprint density at radius 1 is 1.25 bits per heavy atom. The maximum atomic E-state index is 12.9. The molecule has 0 amide bonds. The third-order valence-electron chi connectivity index (χ3n) is 2.48. The van der Waals surface area contributed by atoms with Crippen LogP contribution in [0.1, 0.15) is 31.4 Å². The number of aliphatic hydroxyl groups is 1. The van der Waals surface area contributed by atoms with Gasteiger partial charge in [-0.25, -0.2) is 8.78 Å². The standard InChI is InChI=1S/C12H17F2NO/c1-9(15-6-2-3-7-16)10-4-5-11(13)12(14)8-10/h4-5,8-9,15-16H,2-3,6-7H2,1H3. The summed E-state index contributed by atoms with van der Waals surface area (Å²) in [5.74, 6) is -1.64. The molecule has 1 unspecified atom stereocenters. The predicted octanol–water partition coefficient (Wildman–Crippen LogP) is 2.39. The zero-order valence-electron chi connectivity index (χ0n) is 9.34. The number of hydrogen-bond acceptors (Lipinski definition) is 2. The van der Waals surface area contributed by atoms with Crippen LogP contribution in [0, 0.1) is 11.6 Å². The maximum Gasteiger partial charge on any atom is 0.159 e. The van der Waals surface area contributed by atoms with Gasteiger partial charge in [-0.05, 0) is 44.0 Å². The van der Waals surface area contributed by atoms with E-state index in [0.29, 0.717) is 0 Å². The Morgan fingerprint density at radius 3 is 2.62 bits per heavy atom. The van der Waals surface area contributed by atoms with E-state index in [-0.39, 0.29) is 12.6 Å². The zero-order chi connectivity index (χ0) is 12.0. The highest BCUT2D eigenvalue weighted by molar-refractivity contribution is 5.20. The number of rotatable bonds is 6. The molecule has 0 aliphatic carbocycles. The largest absolute Gasteiger partial charge is 0.396 e. The van der Waals surface area contributed by atoms with E-state index in [1.54, 1.807) is 6.07 Å². The SMILES string of the molecule is CC(NCCCCO)c1ccc(F)c(F)c1. The molecule has 0 aromatic heterocycles. The second-order valence-electron chi connectivity index (χ2n) is 3.78. The van der Waals surface area contributed by atoms with Crippen molar-refractivity contribution in [3.05, 3.63) is 35.4 Å². The Hall–Kier alpha value is -1.00. The monoisotopic (exact) mass is 229 g/mol. The van der Waals surface area contributed by atoms with Crippen LogP contribution in [-0.4, -0.2) is 18.3 Å². The lowest BCUT2D eigenvalue weighted by Gasteiger charge is -2.14. The minimum Gasteiger partial charge on any atom is -0.396 e. The molecule has 1 rings (SSSR count). The molecule has 4 heteroatoms. The summed E-state index contributed by atoms with van der Waals surface area (Å²) in [5, 5.41) is 11.8. The molecule has 0 aliphatic rings. The van der Waals surface area contributed by atoms with E-state index in [2.05, 4.69) is 5.32 Å². The molecule has 1 atom stereocenters. The van der Waals surface area contributed by atoms with Gasteiger partial charge in [0.1, 0.15) is 0 Å². The molecule has 16 heavy (non-hydrogen) atoms.